The smallest absolute Gasteiger partial charge is 0.192 e. The first kappa shape index (κ1) is 43.2. The fraction of sp³-hybridized carbons (Fsp3) is 0.860. The highest BCUT2D eigenvalue weighted by molar-refractivity contribution is 6.75. The Hall–Kier alpha value is -0.249. The molecule has 3 nitrogen and oxygen atoms in total. The lowest BCUT2D eigenvalue weighted by molar-refractivity contribution is 0.0961. The van der Waals surface area contributed by atoms with Crippen LogP contribution >= 0.6 is 0 Å². The van der Waals surface area contributed by atoms with Crippen LogP contribution in [0.5, 0.6) is 0 Å². The van der Waals surface area contributed by atoms with Crippen LogP contribution in [0.3, 0.4) is 0 Å². The second kappa shape index (κ2) is 15.6. The van der Waals surface area contributed by atoms with Gasteiger partial charge < -0.3 is 13.3 Å². The molecule has 0 bridgehead atoms. The summed E-state index contributed by atoms with van der Waals surface area (Å²) >= 11 is 0. The van der Waals surface area contributed by atoms with Gasteiger partial charge in [0.05, 0.1) is 12.2 Å². The Kier molecular flexibility index (Phi) is 13.8. The van der Waals surface area contributed by atoms with Crippen molar-refractivity contribution < 1.29 is 13.3 Å². The summed E-state index contributed by atoms with van der Waals surface area (Å²) < 4.78 is 21.5. The maximum atomic E-state index is 7.41. The van der Waals surface area contributed by atoms with E-state index in [0.717, 1.165) is 43.6 Å². The van der Waals surface area contributed by atoms with E-state index < -0.39 is 25.0 Å². The second-order valence-electron chi connectivity index (χ2n) is 21.3. The molecule has 0 amide bonds. The van der Waals surface area contributed by atoms with Gasteiger partial charge in [0, 0.05) is 6.61 Å². The van der Waals surface area contributed by atoms with Gasteiger partial charge in [-0.2, -0.15) is 0 Å². The van der Waals surface area contributed by atoms with Crippen LogP contribution < -0.4 is 0 Å². The average Bonchev–Trinajstić information content (AvgIpc) is 3.30. The van der Waals surface area contributed by atoms with Gasteiger partial charge in [-0.1, -0.05) is 119 Å². The summed E-state index contributed by atoms with van der Waals surface area (Å²) in [4.78, 5) is 0. The molecule has 0 aromatic rings. The van der Waals surface area contributed by atoms with E-state index in [1.165, 1.54) is 49.7 Å². The Morgan fingerprint density at radius 3 is 1.76 bits per heavy atom. The Morgan fingerprint density at radius 2 is 1.29 bits per heavy atom. The first-order chi connectivity index (χ1) is 22.2. The van der Waals surface area contributed by atoms with Crippen LogP contribution in [-0.4, -0.2) is 43.8 Å². The predicted molar refractivity (Wildman–Crippen MR) is 223 cm³/mol. The third-order valence-corrected chi connectivity index (χ3v) is 28.3. The molecule has 6 atom stereocenters. The van der Waals surface area contributed by atoms with Crippen LogP contribution in [0.4, 0.5) is 0 Å². The van der Waals surface area contributed by atoms with E-state index in [-0.39, 0.29) is 27.3 Å². The molecule has 0 aromatic heterocycles. The second-order valence-corrected chi connectivity index (χ2v) is 35.6. The highest BCUT2D eigenvalue weighted by Gasteiger charge is 2.50. The van der Waals surface area contributed by atoms with Gasteiger partial charge in [-0.3, -0.25) is 0 Å². The van der Waals surface area contributed by atoms with Crippen molar-refractivity contribution in [3.8, 4) is 0 Å². The molecule has 0 aromatic carbocycles. The molecule has 0 spiro atoms. The average molecular weight is 731 g/mol. The Morgan fingerprint density at radius 1 is 0.776 bits per heavy atom. The Balaban J connectivity index is 2.03. The van der Waals surface area contributed by atoms with Gasteiger partial charge in [-0.25, -0.2) is 0 Å². The number of hydrogen-bond donors (Lipinski definition) is 0. The van der Waals surface area contributed by atoms with Gasteiger partial charge in [0.25, 0.3) is 0 Å². The number of hydrogen-bond acceptors (Lipinski definition) is 3. The van der Waals surface area contributed by atoms with Crippen LogP contribution in [0.1, 0.15) is 141 Å². The Labute approximate surface area is 309 Å². The third-order valence-electron chi connectivity index (χ3n) is 14.8. The van der Waals surface area contributed by atoms with Crippen LogP contribution in [0.2, 0.25) is 54.4 Å². The molecule has 49 heavy (non-hydrogen) atoms. The van der Waals surface area contributed by atoms with Crippen LogP contribution in [0, 0.1) is 23.2 Å². The number of fused-ring (bicyclic) bond motifs is 1. The van der Waals surface area contributed by atoms with Crippen molar-refractivity contribution in [2.45, 2.75) is 207 Å². The molecule has 3 saturated carbocycles. The SMILES string of the molecule is CC[C@H](C)C1CCC2C(=CC=C3C[C@@H](O[Si](C)(C)C(C)(C)C)C(=CCCO[Si](C)(C)C(C)(C)C)[C@H](O[Si](C)(C)C(C)(C)C)C3)CCC[C@@]21C. The maximum absolute atomic E-state index is 7.41. The Bertz CT molecular complexity index is 1160. The molecule has 0 radical (unpaired) electrons. The van der Waals surface area contributed by atoms with Crippen LogP contribution in [0.25, 0.3) is 0 Å². The summed E-state index contributed by atoms with van der Waals surface area (Å²) in [6.07, 6.45) is 18.7. The van der Waals surface area contributed by atoms with Crippen molar-refractivity contribution in [3.05, 3.63) is 34.9 Å². The van der Waals surface area contributed by atoms with Crippen molar-refractivity contribution in [1.82, 2.24) is 0 Å². The van der Waals surface area contributed by atoms with E-state index in [0.29, 0.717) is 5.41 Å². The minimum Gasteiger partial charge on any atom is -0.417 e. The highest BCUT2D eigenvalue weighted by atomic mass is 28.4. The number of rotatable bonds is 11. The van der Waals surface area contributed by atoms with Gasteiger partial charge >= 0.3 is 0 Å². The van der Waals surface area contributed by atoms with Crippen molar-refractivity contribution >= 4 is 25.0 Å². The molecule has 6 heteroatoms. The molecule has 3 fully saturated rings. The predicted octanol–water partition coefficient (Wildman–Crippen LogP) is 14.0. The van der Waals surface area contributed by atoms with Gasteiger partial charge in [0.15, 0.2) is 25.0 Å². The maximum Gasteiger partial charge on any atom is 0.192 e. The zero-order valence-corrected chi connectivity index (χ0v) is 38.9. The van der Waals surface area contributed by atoms with Crippen LogP contribution in [0.15, 0.2) is 34.9 Å². The molecule has 2 unspecified atom stereocenters. The molecule has 3 aliphatic carbocycles. The van der Waals surface area contributed by atoms with E-state index in [2.05, 4.69) is 141 Å². The minimum atomic E-state index is -2.05. The lowest BCUT2D eigenvalue weighted by Gasteiger charge is -2.46. The first-order valence-corrected chi connectivity index (χ1v) is 29.0. The van der Waals surface area contributed by atoms with E-state index in [4.69, 9.17) is 13.3 Å². The molecule has 0 aliphatic heterocycles. The molecular weight excluding hydrogens is 649 g/mol. The lowest BCUT2D eigenvalue weighted by atomic mass is 9.61. The zero-order chi connectivity index (χ0) is 37.4. The topological polar surface area (TPSA) is 27.7 Å². The highest BCUT2D eigenvalue weighted by Crippen LogP contribution is 2.60. The van der Waals surface area contributed by atoms with E-state index in [1.807, 2.05) is 0 Å². The van der Waals surface area contributed by atoms with E-state index in [9.17, 15) is 0 Å². The molecule has 0 N–H and O–H groups in total. The van der Waals surface area contributed by atoms with Crippen molar-refractivity contribution in [2.24, 2.45) is 23.2 Å². The zero-order valence-electron chi connectivity index (χ0n) is 35.9. The first-order valence-electron chi connectivity index (χ1n) is 20.2. The monoisotopic (exact) mass is 731 g/mol. The van der Waals surface area contributed by atoms with Gasteiger partial charge in [-0.15, -0.1) is 0 Å². The van der Waals surface area contributed by atoms with Crippen molar-refractivity contribution in [3.63, 3.8) is 0 Å². The van der Waals surface area contributed by atoms with E-state index in [1.54, 1.807) is 5.57 Å². The molecule has 3 rings (SSSR count). The van der Waals surface area contributed by atoms with Gasteiger partial charge in [0.2, 0.25) is 0 Å². The molecular formula is C43H82O3Si3. The summed E-state index contributed by atoms with van der Waals surface area (Å²) in [6.45, 7) is 44.0. The fourth-order valence-electron chi connectivity index (χ4n) is 8.17. The minimum absolute atomic E-state index is 0.0554. The van der Waals surface area contributed by atoms with Crippen LogP contribution in [-0.2, 0) is 13.3 Å². The molecule has 0 heterocycles. The van der Waals surface area contributed by atoms with Crippen molar-refractivity contribution in [2.75, 3.05) is 6.61 Å². The van der Waals surface area contributed by atoms with Crippen molar-refractivity contribution in [1.29, 1.82) is 0 Å². The largest absolute Gasteiger partial charge is 0.417 e. The molecule has 284 valence electrons. The molecule has 0 saturated heterocycles. The van der Waals surface area contributed by atoms with Gasteiger partial charge in [-0.05, 0) is 135 Å². The quantitative estimate of drug-likeness (QED) is 0.120. The summed E-state index contributed by atoms with van der Waals surface area (Å²) in [5.41, 5.74) is 5.09. The standard InChI is InChI=1S/C43H82O3Si3/c1-19-32(2)36-26-27-37-34(22-20-28-43(36,37)12)25-24-33-30-38(45-48(15,16)41(6,7)8)35(23-21-29-44-47(13,14)40(3,4)5)39(31-33)46-49(17,18)42(9,10)11/h23-25,32,36-39H,19-22,26-31H2,1-18H3/t32-,36?,37?,38+,39+,43+/m0/s1. The number of allylic oxidation sites excluding steroid dienone is 3. The normalized spacial score (nSPS) is 29.3. The van der Waals surface area contributed by atoms with Gasteiger partial charge in [0.1, 0.15) is 0 Å². The summed E-state index contributed by atoms with van der Waals surface area (Å²) in [6, 6.07) is 0. The summed E-state index contributed by atoms with van der Waals surface area (Å²) in [5.74, 6) is 2.44. The summed E-state index contributed by atoms with van der Waals surface area (Å²) in [7, 11) is -5.91. The lowest BCUT2D eigenvalue weighted by Crippen LogP contribution is -2.50. The van der Waals surface area contributed by atoms with E-state index >= 15 is 0 Å². The molecule has 3 aliphatic rings. The third kappa shape index (κ3) is 10.0. The summed E-state index contributed by atoms with van der Waals surface area (Å²) in [5, 5.41) is 0.498. The fourth-order valence-corrected chi connectivity index (χ4v) is 11.8.